The molecule has 1 amide bonds. The predicted octanol–water partition coefficient (Wildman–Crippen LogP) is 4.66. The molecule has 0 bridgehead atoms. The van der Waals surface area contributed by atoms with Crippen molar-refractivity contribution in [1.29, 1.82) is 0 Å². The van der Waals surface area contributed by atoms with Crippen LogP contribution in [-0.4, -0.2) is 70.2 Å². The van der Waals surface area contributed by atoms with Crippen molar-refractivity contribution in [1.82, 2.24) is 24.8 Å². The maximum atomic E-state index is 12.6. The van der Waals surface area contributed by atoms with Gasteiger partial charge >= 0.3 is 0 Å². The zero-order valence-electron chi connectivity index (χ0n) is 22.6. The number of benzene rings is 1. The molecule has 0 radical (unpaired) electrons. The largest absolute Gasteiger partial charge is 0.364 e. The summed E-state index contributed by atoms with van der Waals surface area (Å²) >= 11 is 1.50. The summed E-state index contributed by atoms with van der Waals surface area (Å²) in [6, 6.07) is 9.07. The lowest BCUT2D eigenvalue weighted by molar-refractivity contribution is -0.119. The molecule has 2 N–H and O–H groups in total. The number of amides is 1. The highest BCUT2D eigenvalue weighted by Gasteiger charge is 2.23. The van der Waals surface area contributed by atoms with Crippen molar-refractivity contribution < 1.29 is 4.79 Å². The van der Waals surface area contributed by atoms with Gasteiger partial charge in [0.05, 0.1) is 6.54 Å². The molecular weight excluding hydrogens is 470 g/mol. The molecule has 36 heavy (non-hydrogen) atoms. The van der Waals surface area contributed by atoms with Gasteiger partial charge in [0, 0.05) is 30.7 Å². The maximum absolute atomic E-state index is 12.6. The third-order valence-electron chi connectivity index (χ3n) is 6.68. The number of hydrogen-bond donors (Lipinski definition) is 2. The van der Waals surface area contributed by atoms with Crippen LogP contribution < -0.4 is 15.5 Å². The number of nitrogens with zero attached hydrogens (tertiary/aromatic N) is 5. The lowest BCUT2D eigenvalue weighted by Gasteiger charge is -2.24. The van der Waals surface area contributed by atoms with E-state index in [4.69, 9.17) is 10.1 Å². The molecule has 1 saturated heterocycles. The molecule has 4 rings (SSSR count). The Morgan fingerprint density at radius 1 is 1.19 bits per heavy atom. The van der Waals surface area contributed by atoms with E-state index in [1.807, 2.05) is 16.5 Å². The molecule has 8 nitrogen and oxygen atoms in total. The number of aromatic nitrogens is 3. The number of nitrogens with one attached hydrogen (secondary N) is 2. The highest BCUT2D eigenvalue weighted by atomic mass is 32.1. The molecule has 1 aliphatic heterocycles. The summed E-state index contributed by atoms with van der Waals surface area (Å²) in [5.41, 5.74) is 3.10. The Morgan fingerprint density at radius 2 is 1.89 bits per heavy atom. The Balaban J connectivity index is 1.45. The molecule has 196 valence electrons. The minimum atomic E-state index is -0.157. The van der Waals surface area contributed by atoms with E-state index in [0.717, 1.165) is 40.0 Å². The van der Waals surface area contributed by atoms with Gasteiger partial charge in [0.2, 0.25) is 16.0 Å². The van der Waals surface area contributed by atoms with Gasteiger partial charge in [0.15, 0.2) is 5.82 Å². The molecule has 3 aromatic rings. The monoisotopic (exact) mass is 511 g/mol. The quantitative estimate of drug-likeness (QED) is 0.412. The molecule has 1 fully saturated rings. The van der Waals surface area contributed by atoms with Crippen LogP contribution in [0.15, 0.2) is 24.3 Å². The van der Waals surface area contributed by atoms with Crippen LogP contribution in [-0.2, 0) is 11.2 Å². The number of anilines is 2. The molecule has 0 spiro atoms. The van der Waals surface area contributed by atoms with Crippen LogP contribution in [0, 0.1) is 0 Å². The SMILES string of the molecule is CCc1ccc(-c2nc3sc(N(C)CC(=O)NCC[C@H](C)N4CCCC4)nn3c2NC(C)(C)C)cc1. The minimum absolute atomic E-state index is 0.0173. The van der Waals surface area contributed by atoms with Gasteiger partial charge in [0.25, 0.3) is 0 Å². The van der Waals surface area contributed by atoms with Crippen molar-refractivity contribution in [2.75, 3.05) is 43.4 Å². The number of imidazole rings is 1. The van der Waals surface area contributed by atoms with Crippen LogP contribution in [0.4, 0.5) is 10.9 Å². The number of hydrogen-bond acceptors (Lipinski definition) is 7. The van der Waals surface area contributed by atoms with E-state index in [1.165, 1.54) is 42.8 Å². The van der Waals surface area contributed by atoms with Crippen LogP contribution in [0.1, 0.15) is 59.4 Å². The van der Waals surface area contributed by atoms with Gasteiger partial charge in [0.1, 0.15) is 5.69 Å². The molecular formula is C27H41N7OS. The fraction of sp³-hybridized carbons (Fsp3) is 0.593. The number of aryl methyl sites for hydroxylation is 1. The fourth-order valence-corrected chi connectivity index (χ4v) is 5.45. The average Bonchev–Trinajstić information content (AvgIpc) is 3.56. The summed E-state index contributed by atoms with van der Waals surface area (Å²) in [5, 5.41) is 12.3. The second kappa shape index (κ2) is 11.2. The first-order chi connectivity index (χ1) is 17.1. The van der Waals surface area contributed by atoms with E-state index in [2.05, 4.69) is 74.4 Å². The highest BCUT2D eigenvalue weighted by molar-refractivity contribution is 7.20. The normalized spacial score (nSPS) is 15.4. The molecule has 0 unspecified atom stereocenters. The van der Waals surface area contributed by atoms with Gasteiger partial charge in [-0.25, -0.2) is 4.98 Å². The third kappa shape index (κ3) is 6.37. The topological polar surface area (TPSA) is 77.8 Å². The lowest BCUT2D eigenvalue weighted by Crippen LogP contribution is -2.38. The summed E-state index contributed by atoms with van der Waals surface area (Å²) in [5.74, 6) is 0.890. The van der Waals surface area contributed by atoms with Gasteiger partial charge in [-0.05, 0) is 72.0 Å². The van der Waals surface area contributed by atoms with Crippen molar-refractivity contribution in [2.24, 2.45) is 0 Å². The molecule has 0 saturated carbocycles. The molecule has 2 aromatic heterocycles. The Bertz CT molecular complexity index is 1160. The Hall–Kier alpha value is -2.65. The summed E-state index contributed by atoms with van der Waals surface area (Å²) in [4.78, 5) is 22.8. The number of fused-ring (bicyclic) bond motifs is 1. The predicted molar refractivity (Wildman–Crippen MR) is 150 cm³/mol. The van der Waals surface area contributed by atoms with Crippen molar-refractivity contribution in [2.45, 2.75) is 71.9 Å². The van der Waals surface area contributed by atoms with Gasteiger partial charge in [-0.1, -0.05) is 42.5 Å². The standard InChI is InChI=1S/C27H41N7OS/c1-7-20-10-12-21(13-11-20)23-24(30-27(3,4)5)34-25(29-23)36-26(31-34)32(6)18-22(35)28-15-14-19(2)33-16-8-9-17-33/h10-13,19,30H,7-9,14-18H2,1-6H3,(H,28,35)/t19-/m0/s1. The Kier molecular flexibility index (Phi) is 8.20. The second-order valence-corrected chi connectivity index (χ2v) is 11.8. The van der Waals surface area contributed by atoms with E-state index in [9.17, 15) is 4.79 Å². The summed E-state index contributed by atoms with van der Waals surface area (Å²) < 4.78 is 1.88. The van der Waals surface area contributed by atoms with Crippen molar-refractivity contribution in [3.63, 3.8) is 0 Å². The summed E-state index contributed by atoms with van der Waals surface area (Å²) in [7, 11) is 1.91. The highest BCUT2D eigenvalue weighted by Crippen LogP contribution is 2.34. The average molecular weight is 512 g/mol. The molecule has 0 aliphatic carbocycles. The Labute approximate surface area is 219 Å². The third-order valence-corrected chi connectivity index (χ3v) is 7.70. The van der Waals surface area contributed by atoms with Gasteiger partial charge in [-0.15, -0.1) is 5.10 Å². The number of rotatable bonds is 10. The smallest absolute Gasteiger partial charge is 0.239 e. The van der Waals surface area contributed by atoms with Crippen molar-refractivity contribution >= 4 is 33.2 Å². The lowest BCUT2D eigenvalue weighted by atomic mass is 10.1. The first-order valence-corrected chi connectivity index (χ1v) is 13.9. The van der Waals surface area contributed by atoms with E-state index in [-0.39, 0.29) is 18.0 Å². The second-order valence-electron chi connectivity index (χ2n) is 10.9. The first-order valence-electron chi connectivity index (χ1n) is 13.1. The summed E-state index contributed by atoms with van der Waals surface area (Å²) in [6.45, 7) is 14.1. The zero-order chi connectivity index (χ0) is 25.9. The fourth-order valence-electron chi connectivity index (χ4n) is 4.58. The zero-order valence-corrected chi connectivity index (χ0v) is 23.4. The molecule has 9 heteroatoms. The van der Waals surface area contributed by atoms with Gasteiger partial charge in [-0.2, -0.15) is 4.52 Å². The van der Waals surface area contributed by atoms with E-state index >= 15 is 0 Å². The van der Waals surface area contributed by atoms with Crippen LogP contribution >= 0.6 is 11.3 Å². The van der Waals surface area contributed by atoms with E-state index in [0.29, 0.717) is 12.6 Å². The first kappa shape index (κ1) is 26.4. The van der Waals surface area contributed by atoms with Crippen LogP contribution in [0.5, 0.6) is 0 Å². The maximum Gasteiger partial charge on any atom is 0.239 e. The molecule has 1 aromatic carbocycles. The number of carbonyl (C=O) groups excluding carboxylic acids is 1. The molecule has 3 heterocycles. The van der Waals surface area contributed by atoms with Gasteiger partial charge < -0.3 is 20.4 Å². The van der Waals surface area contributed by atoms with Gasteiger partial charge in [-0.3, -0.25) is 4.79 Å². The number of carbonyl (C=O) groups is 1. The van der Waals surface area contributed by atoms with Crippen LogP contribution in [0.25, 0.3) is 16.2 Å². The number of likely N-dealkylation sites (N-methyl/N-ethyl adjacent to an activating group) is 1. The summed E-state index contributed by atoms with van der Waals surface area (Å²) in [6.07, 6.45) is 4.56. The molecule has 1 aliphatic rings. The molecule has 1 atom stereocenters. The van der Waals surface area contributed by atoms with Crippen molar-refractivity contribution in [3.8, 4) is 11.3 Å². The number of likely N-dealkylation sites (tertiary alicyclic amines) is 1. The minimum Gasteiger partial charge on any atom is -0.364 e. The van der Waals surface area contributed by atoms with E-state index in [1.54, 1.807) is 0 Å². The van der Waals surface area contributed by atoms with Crippen molar-refractivity contribution in [3.05, 3.63) is 29.8 Å². The van der Waals surface area contributed by atoms with Crippen LogP contribution in [0.3, 0.4) is 0 Å². The van der Waals surface area contributed by atoms with E-state index < -0.39 is 0 Å². The van der Waals surface area contributed by atoms with Crippen LogP contribution in [0.2, 0.25) is 0 Å². The Morgan fingerprint density at radius 3 is 2.53 bits per heavy atom.